The van der Waals surface area contributed by atoms with Crippen LogP contribution < -0.4 is 4.74 Å². The SMILES string of the molecule is CCc1cc(Oc2ccc3c4cc(CCC(C)C)ccc4n(-c4cc(C)ccn4)c3c2)cc(-n2nc(C)c(-c3ccccc3)c2C)c1. The van der Waals surface area contributed by atoms with E-state index in [2.05, 4.69) is 131 Å². The summed E-state index contributed by atoms with van der Waals surface area (Å²) < 4.78 is 11.0. The van der Waals surface area contributed by atoms with Gasteiger partial charge < -0.3 is 4.74 Å². The standard InChI is InChI=1S/C42H42N4O/c1-7-31-22-34(46-30(6)42(29(5)44-46)33-11-9-8-10-12-33)25-36(23-31)47-35-16-17-37-38-24-32(14-13-27(2)3)15-18-39(38)45(40(37)26-35)41-21-28(4)19-20-43-41/h8-12,15-27H,7,13-14H2,1-6H3. The van der Waals surface area contributed by atoms with Crippen molar-refractivity contribution in [2.45, 2.75) is 60.8 Å². The minimum atomic E-state index is 0.669. The van der Waals surface area contributed by atoms with Crippen molar-refractivity contribution < 1.29 is 4.74 Å². The van der Waals surface area contributed by atoms with E-state index in [-0.39, 0.29) is 0 Å². The van der Waals surface area contributed by atoms with Crippen molar-refractivity contribution in [3.63, 3.8) is 0 Å². The third-order valence-electron chi connectivity index (χ3n) is 9.14. The molecule has 236 valence electrons. The fraction of sp³-hybridized carbons (Fsp3) is 0.238. The van der Waals surface area contributed by atoms with Crippen molar-refractivity contribution >= 4 is 21.8 Å². The van der Waals surface area contributed by atoms with Gasteiger partial charge in [0.05, 0.1) is 22.4 Å². The molecule has 0 unspecified atom stereocenters. The van der Waals surface area contributed by atoms with E-state index in [1.807, 2.05) is 23.0 Å². The second-order valence-corrected chi connectivity index (χ2v) is 13.1. The summed E-state index contributed by atoms with van der Waals surface area (Å²) in [6, 6.07) is 34.4. The summed E-state index contributed by atoms with van der Waals surface area (Å²) in [7, 11) is 0. The van der Waals surface area contributed by atoms with Crippen molar-refractivity contribution in [2.75, 3.05) is 0 Å². The van der Waals surface area contributed by atoms with E-state index in [1.54, 1.807) is 0 Å². The normalized spacial score (nSPS) is 11.6. The summed E-state index contributed by atoms with van der Waals surface area (Å²) in [5.74, 6) is 3.15. The van der Waals surface area contributed by atoms with E-state index in [0.717, 1.165) is 58.3 Å². The zero-order valence-corrected chi connectivity index (χ0v) is 28.2. The van der Waals surface area contributed by atoms with Crippen LogP contribution >= 0.6 is 0 Å². The highest BCUT2D eigenvalue weighted by Gasteiger charge is 2.18. The molecular weight excluding hydrogens is 576 g/mol. The van der Waals surface area contributed by atoms with Gasteiger partial charge in [0.15, 0.2) is 0 Å². The molecule has 0 saturated heterocycles. The predicted octanol–water partition coefficient (Wildman–Crippen LogP) is 10.9. The van der Waals surface area contributed by atoms with E-state index in [9.17, 15) is 0 Å². The van der Waals surface area contributed by atoms with Gasteiger partial charge in [-0.3, -0.25) is 4.57 Å². The highest BCUT2D eigenvalue weighted by atomic mass is 16.5. The van der Waals surface area contributed by atoms with E-state index >= 15 is 0 Å². The molecular formula is C42H42N4O. The smallest absolute Gasteiger partial charge is 0.137 e. The lowest BCUT2D eigenvalue weighted by molar-refractivity contribution is 0.482. The van der Waals surface area contributed by atoms with Crippen LogP contribution in [0.15, 0.2) is 103 Å². The average Bonchev–Trinajstić information content (AvgIpc) is 3.56. The minimum Gasteiger partial charge on any atom is -0.457 e. The first-order chi connectivity index (χ1) is 22.8. The Hall–Kier alpha value is -5.16. The summed E-state index contributed by atoms with van der Waals surface area (Å²) in [5.41, 5.74) is 11.4. The van der Waals surface area contributed by atoms with Crippen LogP contribution in [0.1, 0.15) is 55.3 Å². The summed E-state index contributed by atoms with van der Waals surface area (Å²) in [4.78, 5) is 4.80. The van der Waals surface area contributed by atoms with Gasteiger partial charge in [0.25, 0.3) is 0 Å². The lowest BCUT2D eigenvalue weighted by atomic mass is 10.0. The maximum absolute atomic E-state index is 6.68. The fourth-order valence-electron chi connectivity index (χ4n) is 6.69. The molecule has 7 rings (SSSR count). The van der Waals surface area contributed by atoms with Gasteiger partial charge in [0.1, 0.15) is 17.3 Å². The van der Waals surface area contributed by atoms with Gasteiger partial charge in [-0.05, 0) is 117 Å². The molecule has 0 fully saturated rings. The lowest BCUT2D eigenvalue weighted by Gasteiger charge is -2.13. The first-order valence-corrected chi connectivity index (χ1v) is 16.7. The number of fused-ring (bicyclic) bond motifs is 3. The number of hydrogen-bond acceptors (Lipinski definition) is 3. The van der Waals surface area contributed by atoms with Crippen LogP contribution in [0.25, 0.3) is 44.4 Å². The summed E-state index contributed by atoms with van der Waals surface area (Å²) >= 11 is 0. The zero-order valence-electron chi connectivity index (χ0n) is 28.2. The molecule has 0 aliphatic heterocycles. The molecule has 5 heteroatoms. The van der Waals surface area contributed by atoms with Gasteiger partial charge in [-0.25, -0.2) is 9.67 Å². The number of aromatic nitrogens is 4. The number of hydrogen-bond donors (Lipinski definition) is 0. The van der Waals surface area contributed by atoms with Crippen LogP contribution in [0.2, 0.25) is 0 Å². The molecule has 0 N–H and O–H groups in total. The topological polar surface area (TPSA) is 44.9 Å². The third kappa shape index (κ3) is 5.94. The third-order valence-corrected chi connectivity index (χ3v) is 9.14. The summed E-state index contributed by atoms with van der Waals surface area (Å²) in [5, 5.41) is 7.41. The number of rotatable bonds is 9. The van der Waals surface area contributed by atoms with Crippen LogP contribution in [0.4, 0.5) is 0 Å². The molecule has 0 radical (unpaired) electrons. The quantitative estimate of drug-likeness (QED) is 0.162. The molecule has 0 bridgehead atoms. The predicted molar refractivity (Wildman–Crippen MR) is 194 cm³/mol. The molecule has 47 heavy (non-hydrogen) atoms. The molecule has 0 amide bonds. The van der Waals surface area contributed by atoms with Gasteiger partial charge in [-0.1, -0.05) is 57.2 Å². The average molecular weight is 619 g/mol. The number of pyridine rings is 1. The van der Waals surface area contributed by atoms with Crippen LogP contribution in [-0.4, -0.2) is 19.3 Å². The molecule has 0 aliphatic rings. The Balaban J connectivity index is 1.31. The Morgan fingerprint density at radius 1 is 0.745 bits per heavy atom. The Bertz CT molecular complexity index is 2220. The van der Waals surface area contributed by atoms with Crippen molar-refractivity contribution in [1.29, 1.82) is 0 Å². The lowest BCUT2D eigenvalue weighted by Crippen LogP contribution is -2.01. The molecule has 0 atom stereocenters. The molecule has 3 heterocycles. The number of ether oxygens (including phenoxy) is 1. The van der Waals surface area contributed by atoms with Gasteiger partial charge in [-0.2, -0.15) is 5.10 Å². The number of benzene rings is 4. The zero-order chi connectivity index (χ0) is 32.7. The first-order valence-electron chi connectivity index (χ1n) is 16.7. The first kappa shape index (κ1) is 30.5. The van der Waals surface area contributed by atoms with Crippen molar-refractivity contribution in [3.8, 4) is 34.1 Å². The van der Waals surface area contributed by atoms with Crippen molar-refractivity contribution in [1.82, 2.24) is 19.3 Å². The molecule has 0 saturated carbocycles. The molecule has 5 nitrogen and oxygen atoms in total. The largest absolute Gasteiger partial charge is 0.457 e. The molecule has 4 aromatic carbocycles. The van der Waals surface area contributed by atoms with Crippen LogP contribution in [0.3, 0.4) is 0 Å². The second-order valence-electron chi connectivity index (χ2n) is 13.1. The molecule has 0 aliphatic carbocycles. The Kier molecular flexibility index (Phi) is 8.15. The van der Waals surface area contributed by atoms with Gasteiger partial charge >= 0.3 is 0 Å². The van der Waals surface area contributed by atoms with Crippen molar-refractivity contribution in [2.24, 2.45) is 5.92 Å². The summed E-state index contributed by atoms with van der Waals surface area (Å²) in [6.45, 7) is 13.1. The van der Waals surface area contributed by atoms with E-state index < -0.39 is 0 Å². The Morgan fingerprint density at radius 3 is 2.34 bits per heavy atom. The maximum atomic E-state index is 6.68. The highest BCUT2D eigenvalue weighted by molar-refractivity contribution is 6.09. The number of nitrogens with zero attached hydrogens (tertiary/aromatic N) is 4. The van der Waals surface area contributed by atoms with E-state index in [1.165, 1.54) is 45.0 Å². The monoisotopic (exact) mass is 618 g/mol. The number of aryl methyl sites for hydroxylation is 4. The second kappa shape index (κ2) is 12.6. The van der Waals surface area contributed by atoms with Crippen molar-refractivity contribution in [3.05, 3.63) is 131 Å². The maximum Gasteiger partial charge on any atom is 0.137 e. The van der Waals surface area contributed by atoms with Gasteiger partial charge in [0, 0.05) is 40.4 Å². The van der Waals surface area contributed by atoms with E-state index in [4.69, 9.17) is 14.8 Å². The Morgan fingerprint density at radius 2 is 1.57 bits per heavy atom. The minimum absolute atomic E-state index is 0.669. The molecule has 3 aromatic heterocycles. The summed E-state index contributed by atoms with van der Waals surface area (Å²) in [6.07, 6.45) is 5.02. The van der Waals surface area contributed by atoms with Crippen LogP contribution in [0, 0.1) is 26.7 Å². The molecule has 0 spiro atoms. The highest BCUT2D eigenvalue weighted by Crippen LogP contribution is 2.37. The van der Waals surface area contributed by atoms with Gasteiger partial charge in [-0.15, -0.1) is 0 Å². The fourth-order valence-corrected chi connectivity index (χ4v) is 6.69. The van der Waals surface area contributed by atoms with E-state index in [0.29, 0.717) is 5.92 Å². The Labute approximate surface area is 277 Å². The molecule has 7 aromatic rings. The van der Waals surface area contributed by atoms with Crippen LogP contribution in [0.5, 0.6) is 11.5 Å². The van der Waals surface area contributed by atoms with Gasteiger partial charge in [0.2, 0.25) is 0 Å². The van der Waals surface area contributed by atoms with Crippen LogP contribution in [-0.2, 0) is 12.8 Å².